The van der Waals surface area contributed by atoms with Gasteiger partial charge in [0.15, 0.2) is 0 Å². The van der Waals surface area contributed by atoms with Crippen molar-refractivity contribution >= 4 is 5.57 Å². The Morgan fingerprint density at radius 2 is 1.40 bits per heavy atom. The van der Waals surface area contributed by atoms with Gasteiger partial charge in [-0.15, -0.1) is 0 Å². The van der Waals surface area contributed by atoms with Gasteiger partial charge in [-0.05, 0) is 17.2 Å². The smallest absolute Gasteiger partial charge is 0.384 e. The van der Waals surface area contributed by atoms with E-state index in [9.17, 15) is 18.3 Å². The van der Waals surface area contributed by atoms with Crippen molar-refractivity contribution < 1.29 is 18.3 Å². The maximum absolute atomic E-state index is 13.1. The average molecular weight is 278 g/mol. The van der Waals surface area contributed by atoms with E-state index >= 15 is 0 Å². The number of aliphatic hydroxyl groups excluding tert-OH is 1. The van der Waals surface area contributed by atoms with Crippen molar-refractivity contribution in [2.24, 2.45) is 0 Å². The van der Waals surface area contributed by atoms with Gasteiger partial charge in [0.1, 0.15) is 0 Å². The Hall–Kier alpha value is -2.07. The number of hydrogen-bond acceptors (Lipinski definition) is 1. The lowest BCUT2D eigenvalue weighted by atomic mass is 10.0. The molecule has 0 aliphatic rings. The molecule has 20 heavy (non-hydrogen) atoms. The van der Waals surface area contributed by atoms with Gasteiger partial charge in [0.2, 0.25) is 0 Å². The number of halogens is 3. The summed E-state index contributed by atoms with van der Waals surface area (Å²) in [5, 5.41) is 9.94. The SMILES string of the molecule is O[C@@H](/C=C(\c1ccccc1)C(F)(F)F)c1ccccc1. The molecule has 0 heterocycles. The second kappa shape index (κ2) is 5.92. The predicted octanol–water partition coefficient (Wildman–Crippen LogP) is 4.37. The minimum Gasteiger partial charge on any atom is -0.384 e. The highest BCUT2D eigenvalue weighted by molar-refractivity contribution is 5.70. The highest BCUT2D eigenvalue weighted by Crippen LogP contribution is 2.35. The van der Waals surface area contributed by atoms with Gasteiger partial charge < -0.3 is 5.11 Å². The molecular formula is C16H13F3O. The summed E-state index contributed by atoms with van der Waals surface area (Å²) >= 11 is 0. The first-order valence-corrected chi connectivity index (χ1v) is 6.06. The zero-order chi connectivity index (χ0) is 14.6. The molecule has 1 nitrogen and oxygen atoms in total. The maximum Gasteiger partial charge on any atom is 0.416 e. The topological polar surface area (TPSA) is 20.2 Å². The van der Waals surface area contributed by atoms with Gasteiger partial charge >= 0.3 is 6.18 Å². The number of aliphatic hydroxyl groups is 1. The summed E-state index contributed by atoms with van der Waals surface area (Å²) in [7, 11) is 0. The summed E-state index contributed by atoms with van der Waals surface area (Å²) < 4.78 is 39.3. The molecule has 2 rings (SSSR count). The van der Waals surface area contributed by atoms with Crippen LogP contribution in [0.4, 0.5) is 13.2 Å². The molecule has 104 valence electrons. The zero-order valence-electron chi connectivity index (χ0n) is 10.5. The van der Waals surface area contributed by atoms with Crippen molar-refractivity contribution in [2.75, 3.05) is 0 Å². The number of hydrogen-bond donors (Lipinski definition) is 1. The van der Waals surface area contributed by atoms with Crippen molar-refractivity contribution in [3.8, 4) is 0 Å². The Labute approximate surface area is 115 Å². The van der Waals surface area contributed by atoms with Crippen molar-refractivity contribution in [2.45, 2.75) is 12.3 Å². The fraction of sp³-hybridized carbons (Fsp3) is 0.125. The largest absolute Gasteiger partial charge is 0.416 e. The summed E-state index contributed by atoms with van der Waals surface area (Å²) in [5.41, 5.74) is -0.380. The Bertz CT molecular complexity index is 574. The van der Waals surface area contributed by atoms with E-state index in [1.807, 2.05) is 0 Å². The minimum absolute atomic E-state index is 0.0370. The van der Waals surface area contributed by atoms with Gasteiger partial charge in [-0.2, -0.15) is 13.2 Å². The number of benzene rings is 2. The van der Waals surface area contributed by atoms with Crippen LogP contribution in [0.5, 0.6) is 0 Å². The summed E-state index contributed by atoms with van der Waals surface area (Å²) in [6.45, 7) is 0. The summed E-state index contributed by atoms with van der Waals surface area (Å²) in [5.74, 6) is 0. The lowest BCUT2D eigenvalue weighted by molar-refractivity contribution is -0.0695. The van der Waals surface area contributed by atoms with Gasteiger partial charge in [-0.3, -0.25) is 0 Å². The lowest BCUT2D eigenvalue weighted by Gasteiger charge is -2.14. The van der Waals surface area contributed by atoms with Crippen molar-refractivity contribution in [3.05, 3.63) is 77.9 Å². The van der Waals surface area contributed by atoms with E-state index in [1.54, 1.807) is 36.4 Å². The van der Waals surface area contributed by atoms with Crippen molar-refractivity contribution in [3.63, 3.8) is 0 Å². The van der Waals surface area contributed by atoms with Crippen LogP contribution in [-0.4, -0.2) is 11.3 Å². The van der Waals surface area contributed by atoms with E-state index in [-0.39, 0.29) is 5.56 Å². The van der Waals surface area contributed by atoms with E-state index in [0.717, 1.165) is 6.08 Å². The van der Waals surface area contributed by atoms with Gasteiger partial charge in [-0.1, -0.05) is 60.7 Å². The third-order valence-corrected chi connectivity index (χ3v) is 2.86. The molecule has 1 N–H and O–H groups in total. The fourth-order valence-corrected chi connectivity index (χ4v) is 1.88. The van der Waals surface area contributed by atoms with Gasteiger partial charge in [-0.25, -0.2) is 0 Å². The lowest BCUT2D eigenvalue weighted by Crippen LogP contribution is -2.12. The third kappa shape index (κ3) is 3.48. The van der Waals surface area contributed by atoms with Gasteiger partial charge in [0.05, 0.1) is 11.7 Å². The molecule has 2 aromatic rings. The Morgan fingerprint density at radius 1 is 0.900 bits per heavy atom. The number of rotatable bonds is 3. The zero-order valence-corrected chi connectivity index (χ0v) is 10.5. The molecule has 2 aromatic carbocycles. The first kappa shape index (κ1) is 14.3. The summed E-state index contributed by atoms with van der Waals surface area (Å²) in [6.07, 6.45) is -4.98. The van der Waals surface area contributed by atoms with Crippen molar-refractivity contribution in [1.29, 1.82) is 0 Å². The summed E-state index contributed by atoms with van der Waals surface area (Å²) in [6, 6.07) is 15.7. The van der Waals surface area contributed by atoms with Crippen LogP contribution in [0.25, 0.3) is 5.57 Å². The molecule has 0 saturated carbocycles. The van der Waals surface area contributed by atoms with Gasteiger partial charge in [0, 0.05) is 0 Å². The molecular weight excluding hydrogens is 265 g/mol. The molecule has 4 heteroatoms. The minimum atomic E-state index is -4.52. The molecule has 1 atom stereocenters. The van der Waals surface area contributed by atoms with Crippen LogP contribution in [0, 0.1) is 0 Å². The Balaban J connectivity index is 2.40. The molecule has 0 fully saturated rings. The van der Waals surface area contributed by atoms with E-state index in [2.05, 4.69) is 0 Å². The monoisotopic (exact) mass is 278 g/mol. The molecule has 0 amide bonds. The van der Waals surface area contributed by atoms with Crippen LogP contribution in [-0.2, 0) is 0 Å². The van der Waals surface area contributed by atoms with Crippen LogP contribution in [0.15, 0.2) is 66.7 Å². The molecule has 0 aliphatic heterocycles. The first-order chi connectivity index (χ1) is 9.48. The summed E-state index contributed by atoms with van der Waals surface area (Å²) in [4.78, 5) is 0. The molecule has 0 aromatic heterocycles. The standard InChI is InChI=1S/C16H13F3O/c17-16(18,19)14(12-7-3-1-4-8-12)11-15(20)13-9-5-2-6-10-13/h1-11,15,20H/b14-11+/t15-/m0/s1. The molecule has 0 spiro atoms. The Kier molecular flexibility index (Phi) is 4.25. The molecule has 0 radical (unpaired) electrons. The number of alkyl halides is 3. The quantitative estimate of drug-likeness (QED) is 0.884. The third-order valence-electron chi connectivity index (χ3n) is 2.86. The van der Waals surface area contributed by atoms with Crippen molar-refractivity contribution in [1.82, 2.24) is 0 Å². The van der Waals surface area contributed by atoms with Crippen LogP contribution in [0.3, 0.4) is 0 Å². The second-order valence-electron chi connectivity index (χ2n) is 4.30. The van der Waals surface area contributed by atoms with Crippen LogP contribution in [0.1, 0.15) is 17.2 Å². The van der Waals surface area contributed by atoms with E-state index in [0.29, 0.717) is 5.56 Å². The Morgan fingerprint density at radius 3 is 1.90 bits per heavy atom. The van der Waals surface area contributed by atoms with Crippen LogP contribution < -0.4 is 0 Å². The van der Waals surface area contributed by atoms with E-state index < -0.39 is 17.9 Å². The van der Waals surface area contributed by atoms with E-state index in [4.69, 9.17) is 0 Å². The number of allylic oxidation sites excluding steroid dienone is 1. The van der Waals surface area contributed by atoms with E-state index in [1.165, 1.54) is 24.3 Å². The van der Waals surface area contributed by atoms with Crippen LogP contribution in [0.2, 0.25) is 0 Å². The van der Waals surface area contributed by atoms with Crippen LogP contribution >= 0.6 is 0 Å². The van der Waals surface area contributed by atoms with Gasteiger partial charge in [0.25, 0.3) is 0 Å². The fourth-order valence-electron chi connectivity index (χ4n) is 1.88. The second-order valence-corrected chi connectivity index (χ2v) is 4.30. The highest BCUT2D eigenvalue weighted by atomic mass is 19.4. The normalized spacial score (nSPS) is 14.1. The molecule has 0 bridgehead atoms. The molecule has 0 aliphatic carbocycles. The maximum atomic E-state index is 13.1. The molecule has 0 saturated heterocycles. The first-order valence-electron chi connectivity index (χ1n) is 6.06. The molecule has 0 unspecified atom stereocenters. The average Bonchev–Trinajstić information content (AvgIpc) is 2.45. The predicted molar refractivity (Wildman–Crippen MR) is 71.9 cm³/mol. The highest BCUT2D eigenvalue weighted by Gasteiger charge is 2.35.